The summed E-state index contributed by atoms with van der Waals surface area (Å²) in [6.45, 7) is 2.74. The zero-order valence-corrected chi connectivity index (χ0v) is 12.4. The summed E-state index contributed by atoms with van der Waals surface area (Å²) in [5.74, 6) is -2.73. The molecule has 1 aliphatic heterocycles. The number of rotatable bonds is 5. The van der Waals surface area contributed by atoms with Gasteiger partial charge in [-0.15, -0.1) is 0 Å². The van der Waals surface area contributed by atoms with Crippen LogP contribution in [-0.4, -0.2) is 48.5 Å². The average Bonchev–Trinajstić information content (AvgIpc) is 3.01. The molecule has 7 heteroatoms. The molecule has 0 amide bonds. The van der Waals surface area contributed by atoms with Crippen molar-refractivity contribution in [2.24, 2.45) is 0 Å². The van der Waals surface area contributed by atoms with Crippen LogP contribution in [0, 0.1) is 0 Å². The molecular formula is C15H21NO6. The van der Waals surface area contributed by atoms with Crippen LogP contribution in [0.2, 0.25) is 0 Å². The van der Waals surface area contributed by atoms with Crippen molar-refractivity contribution in [1.29, 1.82) is 0 Å². The first-order valence-electron chi connectivity index (χ1n) is 6.94. The number of hydrogen-bond acceptors (Lipinski definition) is 5. The lowest BCUT2D eigenvalue weighted by Crippen LogP contribution is -2.25. The number of carboxylic acids is 2. The Morgan fingerprint density at radius 2 is 2.09 bits per heavy atom. The second-order valence-corrected chi connectivity index (χ2v) is 4.73. The van der Waals surface area contributed by atoms with Crippen LogP contribution in [-0.2, 0) is 20.9 Å². The van der Waals surface area contributed by atoms with E-state index in [1.54, 1.807) is 7.11 Å². The molecule has 1 aromatic rings. The Morgan fingerprint density at radius 3 is 2.64 bits per heavy atom. The van der Waals surface area contributed by atoms with Crippen LogP contribution in [0.1, 0.15) is 18.4 Å². The first-order chi connectivity index (χ1) is 10.5. The summed E-state index contributed by atoms with van der Waals surface area (Å²) in [5, 5.41) is 18.2. The Labute approximate surface area is 128 Å². The molecular weight excluding hydrogens is 290 g/mol. The highest BCUT2D eigenvalue weighted by Gasteiger charge is 2.14. The minimum absolute atomic E-state index is 0.408. The van der Waals surface area contributed by atoms with Crippen molar-refractivity contribution in [2.45, 2.75) is 25.5 Å². The van der Waals surface area contributed by atoms with Gasteiger partial charge in [-0.1, -0.05) is 12.1 Å². The maximum atomic E-state index is 9.10. The molecule has 0 bridgehead atoms. The van der Waals surface area contributed by atoms with Crippen LogP contribution >= 0.6 is 0 Å². The first kappa shape index (κ1) is 17.9. The van der Waals surface area contributed by atoms with Gasteiger partial charge in [-0.25, -0.2) is 9.59 Å². The van der Waals surface area contributed by atoms with E-state index in [0.717, 1.165) is 25.4 Å². The molecule has 0 radical (unpaired) electrons. The number of carboxylic acid groups (broad SMARTS) is 2. The molecule has 1 fully saturated rings. The van der Waals surface area contributed by atoms with E-state index in [2.05, 4.69) is 17.4 Å². The van der Waals surface area contributed by atoms with Gasteiger partial charge in [0.15, 0.2) is 0 Å². The van der Waals surface area contributed by atoms with Gasteiger partial charge in [0.05, 0.1) is 13.2 Å². The van der Waals surface area contributed by atoms with Crippen molar-refractivity contribution in [3.8, 4) is 5.75 Å². The van der Waals surface area contributed by atoms with Crippen molar-refractivity contribution < 1.29 is 29.3 Å². The molecule has 22 heavy (non-hydrogen) atoms. The maximum Gasteiger partial charge on any atom is 0.414 e. The normalized spacial score (nSPS) is 16.5. The molecule has 3 N–H and O–H groups in total. The molecule has 1 unspecified atom stereocenters. The van der Waals surface area contributed by atoms with Crippen LogP contribution in [0.4, 0.5) is 0 Å². The highest BCUT2D eigenvalue weighted by atomic mass is 16.5. The predicted octanol–water partition coefficient (Wildman–Crippen LogP) is 1.12. The second kappa shape index (κ2) is 9.75. The highest BCUT2D eigenvalue weighted by molar-refractivity contribution is 6.27. The van der Waals surface area contributed by atoms with Gasteiger partial charge in [-0.05, 0) is 30.5 Å². The van der Waals surface area contributed by atoms with Crippen LogP contribution in [0.3, 0.4) is 0 Å². The lowest BCUT2D eigenvalue weighted by Gasteiger charge is -2.11. The molecule has 1 atom stereocenters. The summed E-state index contributed by atoms with van der Waals surface area (Å²) >= 11 is 0. The van der Waals surface area contributed by atoms with Crippen LogP contribution in [0.25, 0.3) is 0 Å². The summed E-state index contributed by atoms with van der Waals surface area (Å²) in [7, 11) is 1.69. The SMILES string of the molecule is COc1cccc(CNCC2CCCO2)c1.O=C(O)C(=O)O. The van der Waals surface area contributed by atoms with Crippen LogP contribution < -0.4 is 10.1 Å². The topological polar surface area (TPSA) is 105 Å². The fourth-order valence-electron chi connectivity index (χ4n) is 1.97. The van der Waals surface area contributed by atoms with Gasteiger partial charge >= 0.3 is 11.9 Å². The van der Waals surface area contributed by atoms with Crippen molar-refractivity contribution in [3.63, 3.8) is 0 Å². The summed E-state index contributed by atoms with van der Waals surface area (Å²) in [6.07, 6.45) is 2.79. The fraction of sp³-hybridized carbons (Fsp3) is 0.467. The third-order valence-corrected chi connectivity index (χ3v) is 3.04. The first-order valence-corrected chi connectivity index (χ1v) is 6.94. The minimum Gasteiger partial charge on any atom is -0.497 e. The van der Waals surface area contributed by atoms with Crippen molar-refractivity contribution in [1.82, 2.24) is 5.32 Å². The van der Waals surface area contributed by atoms with Crippen molar-refractivity contribution >= 4 is 11.9 Å². The van der Waals surface area contributed by atoms with Gasteiger partial charge in [0.25, 0.3) is 0 Å². The number of benzene rings is 1. The van der Waals surface area contributed by atoms with Gasteiger partial charge in [-0.2, -0.15) is 0 Å². The number of hydrogen-bond donors (Lipinski definition) is 3. The Morgan fingerprint density at radius 1 is 1.36 bits per heavy atom. The molecule has 1 saturated heterocycles. The molecule has 1 aliphatic rings. The molecule has 1 heterocycles. The summed E-state index contributed by atoms with van der Waals surface area (Å²) in [4.78, 5) is 18.2. The molecule has 122 valence electrons. The number of methoxy groups -OCH3 is 1. The molecule has 0 spiro atoms. The van der Waals surface area contributed by atoms with Gasteiger partial charge in [0.1, 0.15) is 5.75 Å². The predicted molar refractivity (Wildman–Crippen MR) is 78.9 cm³/mol. The Kier molecular flexibility index (Phi) is 7.95. The van der Waals surface area contributed by atoms with Crippen molar-refractivity contribution in [2.75, 3.05) is 20.3 Å². The number of aliphatic carboxylic acids is 2. The quantitative estimate of drug-likeness (QED) is 0.700. The molecule has 2 rings (SSSR count). The zero-order chi connectivity index (χ0) is 16.4. The standard InChI is InChI=1S/C13H19NO2.C2H2O4/c1-15-12-5-2-4-11(8-12)9-14-10-13-6-3-7-16-13;3-1(4)2(5)6/h2,4-5,8,13-14H,3,6-7,9-10H2,1H3;(H,3,4)(H,5,6). The molecule has 0 aliphatic carbocycles. The summed E-state index contributed by atoms with van der Waals surface area (Å²) in [5.41, 5.74) is 1.25. The Hall–Kier alpha value is -2.12. The van der Waals surface area contributed by atoms with Gasteiger partial charge < -0.3 is 25.0 Å². The molecule has 0 aromatic heterocycles. The van der Waals surface area contributed by atoms with E-state index in [1.807, 2.05) is 12.1 Å². The summed E-state index contributed by atoms with van der Waals surface area (Å²) in [6, 6.07) is 8.14. The smallest absolute Gasteiger partial charge is 0.414 e. The minimum atomic E-state index is -1.82. The van der Waals surface area contributed by atoms with Gasteiger partial charge in [0.2, 0.25) is 0 Å². The van der Waals surface area contributed by atoms with E-state index >= 15 is 0 Å². The third-order valence-electron chi connectivity index (χ3n) is 3.04. The van der Waals surface area contributed by atoms with E-state index in [9.17, 15) is 0 Å². The highest BCUT2D eigenvalue weighted by Crippen LogP contribution is 2.13. The fourth-order valence-corrected chi connectivity index (χ4v) is 1.97. The number of ether oxygens (including phenoxy) is 2. The zero-order valence-electron chi connectivity index (χ0n) is 12.4. The van der Waals surface area contributed by atoms with Crippen LogP contribution in [0.5, 0.6) is 5.75 Å². The third kappa shape index (κ3) is 7.05. The van der Waals surface area contributed by atoms with Gasteiger partial charge in [0, 0.05) is 19.7 Å². The van der Waals surface area contributed by atoms with E-state index in [1.165, 1.54) is 18.4 Å². The monoisotopic (exact) mass is 311 g/mol. The van der Waals surface area contributed by atoms with Crippen LogP contribution in [0.15, 0.2) is 24.3 Å². The Balaban J connectivity index is 0.000000346. The van der Waals surface area contributed by atoms with Crippen molar-refractivity contribution in [3.05, 3.63) is 29.8 Å². The lowest BCUT2D eigenvalue weighted by atomic mass is 10.2. The van der Waals surface area contributed by atoms with E-state index in [4.69, 9.17) is 29.3 Å². The van der Waals surface area contributed by atoms with E-state index < -0.39 is 11.9 Å². The lowest BCUT2D eigenvalue weighted by molar-refractivity contribution is -0.159. The number of nitrogens with one attached hydrogen (secondary N) is 1. The Bertz CT molecular complexity index is 473. The maximum absolute atomic E-state index is 9.10. The number of carbonyl (C=O) groups is 2. The van der Waals surface area contributed by atoms with E-state index in [0.29, 0.717) is 6.10 Å². The second-order valence-electron chi connectivity index (χ2n) is 4.73. The van der Waals surface area contributed by atoms with E-state index in [-0.39, 0.29) is 0 Å². The van der Waals surface area contributed by atoms with Gasteiger partial charge in [-0.3, -0.25) is 0 Å². The summed E-state index contributed by atoms with van der Waals surface area (Å²) < 4.78 is 10.7. The largest absolute Gasteiger partial charge is 0.497 e. The molecule has 1 aromatic carbocycles. The molecule has 0 saturated carbocycles. The molecule has 7 nitrogen and oxygen atoms in total. The average molecular weight is 311 g/mol.